The van der Waals surface area contributed by atoms with Crippen LogP contribution in [0.1, 0.15) is 0 Å². The van der Waals surface area contributed by atoms with E-state index in [2.05, 4.69) is 133 Å². The predicted molar refractivity (Wildman–Crippen MR) is 229 cm³/mol. The van der Waals surface area contributed by atoms with E-state index in [9.17, 15) is 0 Å². The number of aromatic nitrogens is 3. The molecule has 0 bridgehead atoms. The Morgan fingerprint density at radius 2 is 0.857 bits per heavy atom. The van der Waals surface area contributed by atoms with Crippen LogP contribution < -0.4 is 0 Å². The first-order valence-corrected chi connectivity index (χ1v) is 18.8. The molecular weight excluding hydrogens is 687 g/mol. The summed E-state index contributed by atoms with van der Waals surface area (Å²) in [6, 6.07) is 61.1. The second kappa shape index (κ2) is 11.9. The van der Waals surface area contributed by atoms with Crippen molar-refractivity contribution in [2.45, 2.75) is 0 Å². The molecule has 9 aromatic carbocycles. The molecule has 5 heteroatoms. The van der Waals surface area contributed by atoms with Crippen molar-refractivity contribution in [2.75, 3.05) is 0 Å². The maximum Gasteiger partial charge on any atom is 0.168 e. The Balaban J connectivity index is 1.12. The number of hydrogen-bond acceptors (Lipinski definition) is 5. The van der Waals surface area contributed by atoms with Crippen LogP contribution in [0.3, 0.4) is 0 Å². The second-order valence-corrected chi connectivity index (χ2v) is 14.3. The third kappa shape index (κ3) is 4.71. The SMILES string of the molecule is c1cc(-c2nc(-c3ccc4c(c3)oc3ccccc34)nc(-c3c4ccccc4cc4c3oc3ccccc34)n2)cc(-c2cc3ccccc3c3ccccc23)c1. The van der Waals surface area contributed by atoms with Gasteiger partial charge in [0.25, 0.3) is 0 Å². The lowest BCUT2D eigenvalue weighted by atomic mass is 9.92. The molecule has 0 amide bonds. The van der Waals surface area contributed by atoms with Gasteiger partial charge in [-0.3, -0.25) is 0 Å². The van der Waals surface area contributed by atoms with Crippen molar-refractivity contribution in [3.63, 3.8) is 0 Å². The average Bonchev–Trinajstić information content (AvgIpc) is 3.83. The quantitative estimate of drug-likeness (QED) is 0.170. The fraction of sp³-hybridized carbons (Fsp3) is 0. The Bertz CT molecular complexity index is 3560. The van der Waals surface area contributed by atoms with Gasteiger partial charge in [-0.1, -0.05) is 133 Å². The van der Waals surface area contributed by atoms with Gasteiger partial charge in [0.1, 0.15) is 22.3 Å². The third-order valence-corrected chi connectivity index (χ3v) is 11.1. The first-order valence-electron chi connectivity index (χ1n) is 18.8. The van der Waals surface area contributed by atoms with Crippen molar-refractivity contribution in [3.8, 4) is 45.3 Å². The molecular formula is C51H29N3O2. The minimum atomic E-state index is 0.539. The minimum Gasteiger partial charge on any atom is -0.456 e. The lowest BCUT2D eigenvalue weighted by Crippen LogP contribution is -2.01. The fourth-order valence-corrected chi connectivity index (χ4v) is 8.47. The summed E-state index contributed by atoms with van der Waals surface area (Å²) in [5.74, 6) is 1.65. The topological polar surface area (TPSA) is 65.0 Å². The standard InChI is InChI=1S/C51H29N3O2/c1-3-16-35-31(12-1)27-42(38-19-6-5-18-37(35)38)30-14-11-15-33(26-30)49-52-50(34-24-25-41-39-20-7-9-22-44(39)55-46(41)29-34)54-51(53-49)47-36-17-4-2-13-32(36)28-43-40-21-8-10-23-45(40)56-48(43)47/h1-29H. The zero-order valence-electron chi connectivity index (χ0n) is 29.9. The number of fused-ring (bicyclic) bond motifs is 10. The smallest absolute Gasteiger partial charge is 0.168 e. The van der Waals surface area contributed by atoms with E-state index in [1.54, 1.807) is 0 Å². The first-order chi connectivity index (χ1) is 27.7. The van der Waals surface area contributed by atoms with E-state index in [0.717, 1.165) is 82.5 Å². The summed E-state index contributed by atoms with van der Waals surface area (Å²) in [6.07, 6.45) is 0. The highest BCUT2D eigenvalue weighted by Crippen LogP contribution is 2.42. The van der Waals surface area contributed by atoms with Crippen LogP contribution in [0.15, 0.2) is 185 Å². The van der Waals surface area contributed by atoms with Crippen molar-refractivity contribution in [1.29, 1.82) is 0 Å². The van der Waals surface area contributed by atoms with Crippen LogP contribution in [0.25, 0.3) is 121 Å². The Hall–Kier alpha value is -7.63. The molecule has 0 unspecified atom stereocenters. The van der Waals surface area contributed by atoms with Gasteiger partial charge in [0.05, 0.1) is 5.56 Å². The van der Waals surface area contributed by atoms with Crippen LogP contribution in [0.5, 0.6) is 0 Å². The van der Waals surface area contributed by atoms with Gasteiger partial charge in [-0.05, 0) is 85.9 Å². The summed E-state index contributed by atoms with van der Waals surface area (Å²) >= 11 is 0. The molecule has 0 aliphatic carbocycles. The van der Waals surface area contributed by atoms with Crippen LogP contribution in [-0.4, -0.2) is 15.0 Å². The molecule has 0 aliphatic heterocycles. The maximum absolute atomic E-state index is 6.67. The third-order valence-electron chi connectivity index (χ3n) is 11.1. The van der Waals surface area contributed by atoms with Crippen molar-refractivity contribution in [1.82, 2.24) is 15.0 Å². The molecule has 0 radical (unpaired) electrons. The monoisotopic (exact) mass is 715 g/mol. The minimum absolute atomic E-state index is 0.539. The predicted octanol–water partition coefficient (Wildman–Crippen LogP) is 13.8. The van der Waals surface area contributed by atoms with Crippen LogP contribution in [-0.2, 0) is 0 Å². The molecule has 0 fully saturated rings. The van der Waals surface area contributed by atoms with Crippen LogP contribution in [0, 0.1) is 0 Å². The number of nitrogens with zero attached hydrogens (tertiary/aromatic N) is 3. The molecule has 260 valence electrons. The zero-order valence-corrected chi connectivity index (χ0v) is 29.9. The molecule has 12 aromatic rings. The van der Waals surface area contributed by atoms with E-state index < -0.39 is 0 Å². The zero-order chi connectivity index (χ0) is 36.7. The van der Waals surface area contributed by atoms with Gasteiger partial charge >= 0.3 is 0 Å². The molecule has 56 heavy (non-hydrogen) atoms. The molecule has 5 nitrogen and oxygen atoms in total. The summed E-state index contributed by atoms with van der Waals surface area (Å²) < 4.78 is 13.0. The van der Waals surface area contributed by atoms with E-state index >= 15 is 0 Å². The Kier molecular flexibility index (Phi) is 6.56. The van der Waals surface area contributed by atoms with Crippen molar-refractivity contribution >= 4 is 76.2 Å². The highest BCUT2D eigenvalue weighted by atomic mass is 16.3. The van der Waals surface area contributed by atoms with Gasteiger partial charge in [-0.25, -0.2) is 15.0 Å². The van der Waals surface area contributed by atoms with Gasteiger partial charge in [-0.2, -0.15) is 0 Å². The summed E-state index contributed by atoms with van der Waals surface area (Å²) in [6.45, 7) is 0. The molecule has 0 saturated heterocycles. The maximum atomic E-state index is 6.67. The molecule has 3 aromatic heterocycles. The Morgan fingerprint density at radius 1 is 0.304 bits per heavy atom. The summed E-state index contributed by atoms with van der Waals surface area (Å²) in [5, 5.41) is 11.1. The van der Waals surface area contributed by atoms with Crippen LogP contribution in [0.4, 0.5) is 0 Å². The normalized spacial score (nSPS) is 11.9. The van der Waals surface area contributed by atoms with Crippen molar-refractivity contribution < 1.29 is 8.83 Å². The molecule has 0 spiro atoms. The van der Waals surface area contributed by atoms with E-state index in [0.29, 0.717) is 17.5 Å². The fourth-order valence-electron chi connectivity index (χ4n) is 8.47. The lowest BCUT2D eigenvalue weighted by molar-refractivity contribution is 0.668. The lowest BCUT2D eigenvalue weighted by Gasteiger charge is -2.13. The van der Waals surface area contributed by atoms with Gasteiger partial charge in [0.2, 0.25) is 0 Å². The van der Waals surface area contributed by atoms with E-state index in [1.165, 1.54) is 21.5 Å². The molecule has 0 saturated carbocycles. The summed E-state index contributed by atoms with van der Waals surface area (Å²) in [4.78, 5) is 15.8. The molecule has 3 heterocycles. The molecule has 0 atom stereocenters. The number of rotatable bonds is 4. The van der Waals surface area contributed by atoms with Gasteiger partial charge in [-0.15, -0.1) is 0 Å². The second-order valence-electron chi connectivity index (χ2n) is 14.3. The first kappa shape index (κ1) is 30.8. The van der Waals surface area contributed by atoms with E-state index in [1.807, 2.05) is 42.5 Å². The van der Waals surface area contributed by atoms with Crippen LogP contribution >= 0.6 is 0 Å². The summed E-state index contributed by atoms with van der Waals surface area (Å²) in [7, 11) is 0. The Morgan fingerprint density at radius 3 is 1.64 bits per heavy atom. The molecule has 0 aliphatic rings. The molecule has 0 N–H and O–H groups in total. The number of furan rings is 2. The average molecular weight is 716 g/mol. The number of para-hydroxylation sites is 2. The van der Waals surface area contributed by atoms with Gasteiger partial charge in [0.15, 0.2) is 17.5 Å². The van der Waals surface area contributed by atoms with Crippen LogP contribution in [0.2, 0.25) is 0 Å². The largest absolute Gasteiger partial charge is 0.456 e. The van der Waals surface area contributed by atoms with Crippen molar-refractivity contribution in [3.05, 3.63) is 176 Å². The highest BCUT2D eigenvalue weighted by molar-refractivity contribution is 6.18. The van der Waals surface area contributed by atoms with Gasteiger partial charge < -0.3 is 8.83 Å². The number of hydrogen-bond donors (Lipinski definition) is 0. The Labute approximate surface area is 320 Å². The highest BCUT2D eigenvalue weighted by Gasteiger charge is 2.22. The van der Waals surface area contributed by atoms with E-state index in [4.69, 9.17) is 23.8 Å². The van der Waals surface area contributed by atoms with Crippen molar-refractivity contribution in [2.24, 2.45) is 0 Å². The van der Waals surface area contributed by atoms with Gasteiger partial charge in [0, 0.05) is 32.7 Å². The number of benzene rings is 9. The van der Waals surface area contributed by atoms with E-state index in [-0.39, 0.29) is 0 Å². The summed E-state index contributed by atoms with van der Waals surface area (Å²) in [5.41, 5.74) is 7.98. The molecule has 12 rings (SSSR count).